The van der Waals surface area contributed by atoms with E-state index in [1.165, 1.54) is 22.3 Å². The topological polar surface area (TPSA) is 66.5 Å². The van der Waals surface area contributed by atoms with Crippen molar-refractivity contribution in [2.45, 2.75) is 12.8 Å². The molecule has 2 rings (SSSR count). The standard InChI is InChI=1S/C17H16Cl2N2O3S/c1-21(2)17(24)11-9-10(3-4-12(11)18)20-16(23)8-5-13(22)14-6-7-15(19)25-14/h3-4,6-7,9H,5,8H2,1-2H3,(H,20,23). The van der Waals surface area contributed by atoms with Crippen LogP contribution in [-0.4, -0.2) is 36.6 Å². The number of carbonyl (C=O) groups excluding carboxylic acids is 3. The second-order valence-corrected chi connectivity index (χ2v) is 7.59. The Morgan fingerprint density at radius 3 is 2.40 bits per heavy atom. The Morgan fingerprint density at radius 1 is 1.08 bits per heavy atom. The highest BCUT2D eigenvalue weighted by Gasteiger charge is 2.15. The normalized spacial score (nSPS) is 10.4. The van der Waals surface area contributed by atoms with Crippen molar-refractivity contribution in [3.8, 4) is 0 Å². The fourth-order valence-corrected chi connectivity index (χ4v) is 3.25. The highest BCUT2D eigenvalue weighted by Crippen LogP contribution is 2.24. The summed E-state index contributed by atoms with van der Waals surface area (Å²) in [4.78, 5) is 38.0. The summed E-state index contributed by atoms with van der Waals surface area (Å²) in [7, 11) is 3.23. The van der Waals surface area contributed by atoms with Gasteiger partial charge in [0.05, 0.1) is 19.8 Å². The van der Waals surface area contributed by atoms with Gasteiger partial charge in [0.2, 0.25) is 5.91 Å². The molecule has 0 saturated heterocycles. The molecular weight excluding hydrogens is 383 g/mol. The lowest BCUT2D eigenvalue weighted by atomic mass is 10.1. The predicted molar refractivity (Wildman–Crippen MR) is 101 cm³/mol. The molecule has 0 bridgehead atoms. The van der Waals surface area contributed by atoms with Gasteiger partial charge in [0.1, 0.15) is 0 Å². The van der Waals surface area contributed by atoms with Crippen molar-refractivity contribution in [2.75, 3.05) is 19.4 Å². The summed E-state index contributed by atoms with van der Waals surface area (Å²) in [6.45, 7) is 0. The molecular formula is C17H16Cl2N2O3S. The minimum atomic E-state index is -0.318. The van der Waals surface area contributed by atoms with Crippen LogP contribution < -0.4 is 5.32 Å². The number of nitrogens with zero attached hydrogens (tertiary/aromatic N) is 1. The first-order valence-electron chi connectivity index (χ1n) is 7.37. The van der Waals surface area contributed by atoms with E-state index in [-0.39, 0.29) is 30.4 Å². The summed E-state index contributed by atoms with van der Waals surface area (Å²) in [5, 5.41) is 2.98. The molecule has 0 spiro atoms. The van der Waals surface area contributed by atoms with Crippen LogP contribution in [-0.2, 0) is 4.79 Å². The number of hydrogen-bond donors (Lipinski definition) is 1. The van der Waals surface area contributed by atoms with Crippen molar-refractivity contribution in [2.24, 2.45) is 0 Å². The van der Waals surface area contributed by atoms with Crippen LogP contribution >= 0.6 is 34.5 Å². The summed E-state index contributed by atoms with van der Waals surface area (Å²) in [6, 6.07) is 7.96. The predicted octanol–water partition coefficient (Wildman–Crippen LogP) is 4.36. The van der Waals surface area contributed by atoms with E-state index in [0.29, 0.717) is 25.5 Å². The summed E-state index contributed by atoms with van der Waals surface area (Å²) >= 11 is 13.0. The summed E-state index contributed by atoms with van der Waals surface area (Å²) in [6.07, 6.45) is 0.119. The van der Waals surface area contributed by atoms with Crippen molar-refractivity contribution in [3.63, 3.8) is 0 Å². The minimum Gasteiger partial charge on any atom is -0.345 e. The maximum atomic E-state index is 12.1. The van der Waals surface area contributed by atoms with Gasteiger partial charge >= 0.3 is 0 Å². The molecule has 25 heavy (non-hydrogen) atoms. The molecule has 132 valence electrons. The van der Waals surface area contributed by atoms with Gasteiger partial charge in [0.25, 0.3) is 5.91 Å². The van der Waals surface area contributed by atoms with E-state index < -0.39 is 0 Å². The molecule has 5 nitrogen and oxygen atoms in total. The molecule has 1 aromatic carbocycles. The Morgan fingerprint density at radius 2 is 1.80 bits per heavy atom. The van der Waals surface area contributed by atoms with E-state index in [9.17, 15) is 14.4 Å². The number of hydrogen-bond acceptors (Lipinski definition) is 4. The largest absolute Gasteiger partial charge is 0.345 e. The number of ketones is 1. The highest BCUT2D eigenvalue weighted by molar-refractivity contribution is 7.18. The van der Waals surface area contributed by atoms with E-state index >= 15 is 0 Å². The number of anilines is 1. The molecule has 1 aromatic heterocycles. The third-order valence-electron chi connectivity index (χ3n) is 3.31. The number of rotatable bonds is 6. The zero-order chi connectivity index (χ0) is 18.6. The van der Waals surface area contributed by atoms with Gasteiger partial charge in [0.15, 0.2) is 5.78 Å². The molecule has 0 radical (unpaired) electrons. The maximum absolute atomic E-state index is 12.1. The smallest absolute Gasteiger partial charge is 0.254 e. The molecule has 0 atom stereocenters. The molecule has 0 fully saturated rings. The Labute approximate surface area is 159 Å². The highest BCUT2D eigenvalue weighted by atomic mass is 35.5. The Kier molecular flexibility index (Phi) is 6.58. The van der Waals surface area contributed by atoms with Gasteiger partial charge < -0.3 is 10.2 Å². The zero-order valence-electron chi connectivity index (χ0n) is 13.6. The van der Waals surface area contributed by atoms with Gasteiger partial charge in [-0.1, -0.05) is 23.2 Å². The van der Waals surface area contributed by atoms with Gasteiger partial charge in [-0.15, -0.1) is 11.3 Å². The van der Waals surface area contributed by atoms with E-state index in [1.54, 1.807) is 38.4 Å². The molecule has 2 aromatic rings. The van der Waals surface area contributed by atoms with Crippen molar-refractivity contribution >= 4 is 57.8 Å². The molecule has 2 amide bonds. The minimum absolute atomic E-state index is 0.0357. The Bertz CT molecular complexity index is 818. The number of carbonyl (C=O) groups is 3. The SMILES string of the molecule is CN(C)C(=O)c1cc(NC(=O)CCC(=O)c2ccc(Cl)s2)ccc1Cl. The quantitative estimate of drug-likeness (QED) is 0.734. The number of benzene rings is 1. The average Bonchev–Trinajstić information content (AvgIpc) is 3.00. The van der Waals surface area contributed by atoms with Gasteiger partial charge in [-0.05, 0) is 30.3 Å². The summed E-state index contributed by atoms with van der Waals surface area (Å²) in [5.74, 6) is -0.709. The zero-order valence-corrected chi connectivity index (χ0v) is 16.0. The van der Waals surface area contributed by atoms with Crippen LogP contribution in [0.4, 0.5) is 5.69 Å². The van der Waals surface area contributed by atoms with Crippen LogP contribution in [0.25, 0.3) is 0 Å². The first kappa shape index (κ1) is 19.4. The first-order chi connectivity index (χ1) is 11.8. The first-order valence-corrected chi connectivity index (χ1v) is 8.94. The van der Waals surface area contributed by atoms with Gasteiger partial charge in [0, 0.05) is 32.6 Å². The number of Topliss-reactive ketones (excluding diaryl/α,β-unsaturated/α-hetero) is 1. The molecule has 0 unspecified atom stereocenters. The van der Waals surface area contributed by atoms with Crippen molar-refractivity contribution in [3.05, 3.63) is 50.1 Å². The van der Waals surface area contributed by atoms with Gasteiger partial charge in [-0.25, -0.2) is 0 Å². The summed E-state index contributed by atoms with van der Waals surface area (Å²) < 4.78 is 0.534. The van der Waals surface area contributed by atoms with E-state index in [1.807, 2.05) is 0 Å². The van der Waals surface area contributed by atoms with Crippen molar-refractivity contribution in [1.29, 1.82) is 0 Å². The average molecular weight is 399 g/mol. The molecule has 1 heterocycles. The number of thiophene rings is 1. The van der Waals surface area contributed by atoms with Crippen LogP contribution in [0.5, 0.6) is 0 Å². The fourth-order valence-electron chi connectivity index (χ4n) is 2.05. The fraction of sp³-hybridized carbons (Fsp3) is 0.235. The molecule has 0 aliphatic carbocycles. The van der Waals surface area contributed by atoms with E-state index in [4.69, 9.17) is 23.2 Å². The van der Waals surface area contributed by atoms with E-state index in [2.05, 4.69) is 5.32 Å². The van der Waals surface area contributed by atoms with Crippen LogP contribution in [0.1, 0.15) is 32.9 Å². The van der Waals surface area contributed by atoms with Gasteiger partial charge in [-0.3, -0.25) is 14.4 Å². The second kappa shape index (κ2) is 8.47. The monoisotopic (exact) mass is 398 g/mol. The molecule has 0 aliphatic heterocycles. The molecule has 0 saturated carbocycles. The van der Waals surface area contributed by atoms with Crippen LogP contribution in [0, 0.1) is 0 Å². The number of nitrogens with one attached hydrogen (secondary N) is 1. The van der Waals surface area contributed by atoms with Gasteiger partial charge in [-0.2, -0.15) is 0 Å². The molecule has 8 heteroatoms. The second-order valence-electron chi connectivity index (χ2n) is 5.47. The van der Waals surface area contributed by atoms with Crippen LogP contribution in [0.2, 0.25) is 9.36 Å². The lowest BCUT2D eigenvalue weighted by molar-refractivity contribution is -0.116. The van der Waals surface area contributed by atoms with E-state index in [0.717, 1.165) is 0 Å². The lowest BCUT2D eigenvalue weighted by Crippen LogP contribution is -2.22. The Balaban J connectivity index is 1.97. The Hall–Kier alpha value is -1.89. The third kappa shape index (κ3) is 5.29. The number of halogens is 2. The number of amides is 2. The molecule has 0 aliphatic rings. The van der Waals surface area contributed by atoms with Crippen LogP contribution in [0.3, 0.4) is 0 Å². The summed E-state index contributed by atoms with van der Waals surface area (Å²) in [5.41, 5.74) is 0.750. The lowest BCUT2D eigenvalue weighted by Gasteiger charge is -2.13. The van der Waals surface area contributed by atoms with Crippen LogP contribution in [0.15, 0.2) is 30.3 Å². The van der Waals surface area contributed by atoms with Crippen molar-refractivity contribution < 1.29 is 14.4 Å². The third-order valence-corrected chi connectivity index (χ3v) is 4.92. The molecule has 1 N–H and O–H groups in total. The van der Waals surface area contributed by atoms with Crippen molar-refractivity contribution in [1.82, 2.24) is 4.90 Å². The maximum Gasteiger partial charge on any atom is 0.254 e.